The SMILES string of the molecule is CC(C)(C)ONc1cc(Oc2ccc(C(F)(F)F)cc2Cl)ccc1[N+](=O)[O-]. The van der Waals surface area contributed by atoms with E-state index in [1.54, 1.807) is 20.8 Å². The second-order valence-corrected chi connectivity index (χ2v) is 6.90. The van der Waals surface area contributed by atoms with Gasteiger partial charge in [0.15, 0.2) is 0 Å². The van der Waals surface area contributed by atoms with E-state index >= 15 is 0 Å². The van der Waals surface area contributed by atoms with Crippen molar-refractivity contribution < 1.29 is 27.7 Å². The van der Waals surface area contributed by atoms with Gasteiger partial charge in [-0.15, -0.1) is 0 Å². The first-order valence-corrected chi connectivity index (χ1v) is 8.02. The van der Waals surface area contributed by atoms with Crippen LogP contribution in [0.4, 0.5) is 24.5 Å². The number of nitro groups is 1. The van der Waals surface area contributed by atoms with Crippen LogP contribution >= 0.6 is 11.6 Å². The molecule has 0 unspecified atom stereocenters. The zero-order valence-corrected chi connectivity index (χ0v) is 15.3. The third kappa shape index (κ3) is 5.73. The Kier molecular flexibility index (Phi) is 5.86. The molecule has 27 heavy (non-hydrogen) atoms. The van der Waals surface area contributed by atoms with Gasteiger partial charge in [0.1, 0.15) is 17.2 Å². The van der Waals surface area contributed by atoms with Crippen LogP contribution in [0.1, 0.15) is 26.3 Å². The van der Waals surface area contributed by atoms with Gasteiger partial charge in [-0.2, -0.15) is 13.2 Å². The number of nitrogens with one attached hydrogen (secondary N) is 1. The number of ether oxygens (including phenoxy) is 1. The minimum atomic E-state index is -4.53. The van der Waals surface area contributed by atoms with E-state index in [-0.39, 0.29) is 27.9 Å². The summed E-state index contributed by atoms with van der Waals surface area (Å²) in [4.78, 5) is 15.9. The average Bonchev–Trinajstić information content (AvgIpc) is 2.53. The average molecular weight is 405 g/mol. The van der Waals surface area contributed by atoms with Crippen molar-refractivity contribution in [3.8, 4) is 11.5 Å². The third-order valence-electron chi connectivity index (χ3n) is 3.12. The van der Waals surface area contributed by atoms with Crippen LogP contribution in [0, 0.1) is 10.1 Å². The Morgan fingerprint density at radius 3 is 2.30 bits per heavy atom. The lowest BCUT2D eigenvalue weighted by atomic mass is 10.2. The molecule has 0 saturated heterocycles. The zero-order valence-electron chi connectivity index (χ0n) is 14.6. The van der Waals surface area contributed by atoms with E-state index in [2.05, 4.69) is 5.48 Å². The van der Waals surface area contributed by atoms with E-state index in [0.29, 0.717) is 0 Å². The Hall–Kier alpha value is -2.52. The fourth-order valence-electron chi connectivity index (χ4n) is 1.91. The maximum absolute atomic E-state index is 12.7. The first-order valence-electron chi connectivity index (χ1n) is 7.64. The highest BCUT2D eigenvalue weighted by Gasteiger charge is 2.31. The monoisotopic (exact) mass is 404 g/mol. The van der Waals surface area contributed by atoms with E-state index < -0.39 is 22.3 Å². The van der Waals surface area contributed by atoms with Crippen LogP contribution < -0.4 is 10.2 Å². The first-order chi connectivity index (χ1) is 12.4. The quantitative estimate of drug-likeness (QED) is 0.474. The Balaban J connectivity index is 2.30. The summed E-state index contributed by atoms with van der Waals surface area (Å²) in [7, 11) is 0. The van der Waals surface area contributed by atoms with Crippen LogP contribution in [0.25, 0.3) is 0 Å². The van der Waals surface area contributed by atoms with E-state index in [0.717, 1.165) is 18.2 Å². The number of rotatable bonds is 5. The summed E-state index contributed by atoms with van der Waals surface area (Å²) >= 11 is 5.85. The van der Waals surface area contributed by atoms with E-state index in [9.17, 15) is 23.3 Å². The van der Waals surface area contributed by atoms with Crippen LogP contribution in [0.3, 0.4) is 0 Å². The lowest BCUT2D eigenvalue weighted by Crippen LogP contribution is -2.23. The van der Waals surface area contributed by atoms with Gasteiger partial charge in [-0.05, 0) is 45.0 Å². The molecule has 0 heterocycles. The summed E-state index contributed by atoms with van der Waals surface area (Å²) in [5.41, 5.74) is 0.729. The van der Waals surface area contributed by atoms with Gasteiger partial charge < -0.3 is 4.74 Å². The number of nitro benzene ring substituents is 1. The Bertz CT molecular complexity index is 851. The molecule has 0 aliphatic rings. The fourth-order valence-corrected chi connectivity index (χ4v) is 2.13. The molecule has 0 aliphatic carbocycles. The molecule has 2 aromatic rings. The summed E-state index contributed by atoms with van der Waals surface area (Å²) in [5.74, 6) is 0.100. The maximum Gasteiger partial charge on any atom is 0.416 e. The van der Waals surface area contributed by atoms with Crippen LogP contribution in [0.15, 0.2) is 36.4 Å². The van der Waals surface area contributed by atoms with Crippen LogP contribution in [-0.4, -0.2) is 10.5 Å². The van der Waals surface area contributed by atoms with Crippen molar-refractivity contribution >= 4 is 23.0 Å². The van der Waals surface area contributed by atoms with Crippen molar-refractivity contribution in [3.63, 3.8) is 0 Å². The predicted molar refractivity (Wildman–Crippen MR) is 94.1 cm³/mol. The van der Waals surface area contributed by atoms with Gasteiger partial charge in [-0.25, -0.2) is 0 Å². The summed E-state index contributed by atoms with van der Waals surface area (Å²) in [6, 6.07) is 6.41. The van der Waals surface area contributed by atoms with E-state index in [1.165, 1.54) is 18.2 Å². The number of benzene rings is 2. The second kappa shape index (κ2) is 7.61. The van der Waals surface area contributed by atoms with E-state index in [4.69, 9.17) is 21.2 Å². The number of halogens is 4. The lowest BCUT2D eigenvalue weighted by molar-refractivity contribution is -0.384. The molecule has 10 heteroatoms. The smallest absolute Gasteiger partial charge is 0.416 e. The lowest BCUT2D eigenvalue weighted by Gasteiger charge is -2.20. The fraction of sp³-hybridized carbons (Fsp3) is 0.294. The standard InChI is InChI=1S/C17H16ClF3N2O4/c1-16(2,3)27-22-13-9-11(5-6-14(13)23(24)25)26-15-7-4-10(8-12(15)18)17(19,20)21/h4-9,22H,1-3H3. The molecule has 0 aromatic heterocycles. The number of alkyl halides is 3. The maximum atomic E-state index is 12.7. The normalized spacial score (nSPS) is 12.0. The van der Waals surface area contributed by atoms with E-state index in [1.807, 2.05) is 0 Å². The van der Waals surface area contributed by atoms with Crippen molar-refractivity contribution in [1.29, 1.82) is 0 Å². The van der Waals surface area contributed by atoms with Crippen molar-refractivity contribution in [2.45, 2.75) is 32.5 Å². The van der Waals surface area contributed by atoms with Crippen LogP contribution in [-0.2, 0) is 11.0 Å². The topological polar surface area (TPSA) is 73.6 Å². The van der Waals surface area contributed by atoms with Crippen molar-refractivity contribution in [1.82, 2.24) is 0 Å². The molecule has 1 N–H and O–H groups in total. The molecule has 0 amide bonds. The van der Waals surface area contributed by atoms with Gasteiger partial charge in [0, 0.05) is 12.1 Å². The highest BCUT2D eigenvalue weighted by molar-refractivity contribution is 6.32. The molecule has 6 nitrogen and oxygen atoms in total. The summed E-state index contributed by atoms with van der Waals surface area (Å²) in [6.07, 6.45) is -4.53. The molecule has 0 atom stereocenters. The van der Waals surface area contributed by atoms with Gasteiger partial charge >= 0.3 is 6.18 Å². The van der Waals surface area contributed by atoms with Crippen molar-refractivity contribution in [3.05, 3.63) is 57.1 Å². The third-order valence-corrected chi connectivity index (χ3v) is 3.41. The highest BCUT2D eigenvalue weighted by atomic mass is 35.5. The molecule has 0 fully saturated rings. The Morgan fingerprint density at radius 1 is 1.11 bits per heavy atom. The first kappa shape index (κ1) is 20.8. The second-order valence-electron chi connectivity index (χ2n) is 6.50. The van der Waals surface area contributed by atoms with Crippen molar-refractivity contribution in [2.24, 2.45) is 0 Å². The van der Waals surface area contributed by atoms with Gasteiger partial charge in [-0.3, -0.25) is 20.4 Å². The van der Waals surface area contributed by atoms with Crippen LogP contribution in [0.2, 0.25) is 5.02 Å². The summed E-state index contributed by atoms with van der Waals surface area (Å²) in [5, 5.41) is 10.9. The molecular weight excluding hydrogens is 389 g/mol. The van der Waals surface area contributed by atoms with Crippen LogP contribution in [0.5, 0.6) is 11.5 Å². The Labute approximate surface area is 157 Å². The number of nitrogens with zero attached hydrogens (tertiary/aromatic N) is 1. The van der Waals surface area contributed by atoms with Gasteiger partial charge in [0.2, 0.25) is 0 Å². The molecule has 0 bridgehead atoms. The van der Waals surface area contributed by atoms with Gasteiger partial charge in [0.25, 0.3) is 5.69 Å². The molecule has 2 aromatic carbocycles. The Morgan fingerprint density at radius 2 is 1.78 bits per heavy atom. The molecule has 0 spiro atoms. The number of anilines is 1. The number of hydrogen-bond donors (Lipinski definition) is 1. The predicted octanol–water partition coefficient (Wildman–Crippen LogP) is 6.20. The summed E-state index contributed by atoms with van der Waals surface area (Å²) in [6.45, 7) is 5.23. The van der Waals surface area contributed by atoms with Gasteiger partial charge in [-0.1, -0.05) is 11.6 Å². The number of hydrogen-bond acceptors (Lipinski definition) is 5. The van der Waals surface area contributed by atoms with Gasteiger partial charge in [0.05, 0.1) is 21.1 Å². The van der Waals surface area contributed by atoms with Crippen molar-refractivity contribution in [2.75, 3.05) is 5.48 Å². The largest absolute Gasteiger partial charge is 0.456 e. The highest BCUT2D eigenvalue weighted by Crippen LogP contribution is 2.38. The molecule has 146 valence electrons. The molecule has 0 aliphatic heterocycles. The molecule has 2 rings (SSSR count). The zero-order chi connectivity index (χ0) is 20.4. The molecular formula is C17H16ClF3N2O4. The minimum Gasteiger partial charge on any atom is -0.456 e. The summed E-state index contributed by atoms with van der Waals surface area (Å²) < 4.78 is 43.6. The minimum absolute atomic E-state index is 0.0236. The molecule has 0 radical (unpaired) electrons. The molecule has 0 saturated carbocycles.